The maximum absolute atomic E-state index is 11.7. The monoisotopic (exact) mass is 407 g/mol. The van der Waals surface area contributed by atoms with Crippen LogP contribution < -0.4 is 10.1 Å². The molecule has 1 unspecified atom stereocenters. The summed E-state index contributed by atoms with van der Waals surface area (Å²) in [7, 11) is 0. The van der Waals surface area contributed by atoms with E-state index in [2.05, 4.69) is 45.2 Å². The molecule has 30 heavy (non-hydrogen) atoms. The van der Waals surface area contributed by atoms with Gasteiger partial charge in [-0.1, -0.05) is 0 Å². The van der Waals surface area contributed by atoms with Gasteiger partial charge in [0.2, 0.25) is 5.91 Å². The minimum Gasteiger partial charge on any atom is -0.488 e. The van der Waals surface area contributed by atoms with E-state index in [1.807, 2.05) is 17.2 Å². The Hall–Kier alpha value is -2.87. The highest BCUT2D eigenvalue weighted by molar-refractivity contribution is 5.88. The Bertz CT molecular complexity index is 1110. The Morgan fingerprint density at radius 2 is 2.10 bits per heavy atom. The average Bonchev–Trinajstić information content (AvgIpc) is 3.08. The molecule has 2 saturated heterocycles. The van der Waals surface area contributed by atoms with E-state index < -0.39 is 0 Å². The molecule has 2 aliphatic heterocycles. The number of hydrogen-bond acceptors (Lipinski definition) is 5. The second-order valence-electron chi connectivity index (χ2n) is 8.72. The van der Waals surface area contributed by atoms with Crippen molar-refractivity contribution in [3.63, 3.8) is 0 Å². The fourth-order valence-electron chi connectivity index (χ4n) is 4.34. The fraction of sp³-hybridized carbons (Fsp3) is 0.500. The van der Waals surface area contributed by atoms with Crippen LogP contribution in [0.4, 0.5) is 0 Å². The molecule has 3 aliphatic rings. The minimum atomic E-state index is -0.0696. The number of benzene rings is 1. The lowest BCUT2D eigenvalue weighted by Gasteiger charge is -2.25. The number of imidazole rings is 1. The van der Waals surface area contributed by atoms with Crippen LogP contribution in [-0.4, -0.2) is 51.1 Å². The van der Waals surface area contributed by atoms with E-state index in [4.69, 9.17) is 9.47 Å². The van der Waals surface area contributed by atoms with Crippen LogP contribution in [0.1, 0.15) is 38.3 Å². The van der Waals surface area contributed by atoms with E-state index in [0.29, 0.717) is 38.3 Å². The predicted octanol–water partition coefficient (Wildman–Crippen LogP) is 2.71. The quantitative estimate of drug-likeness (QED) is 0.679. The van der Waals surface area contributed by atoms with Crippen molar-refractivity contribution in [2.75, 3.05) is 19.8 Å². The van der Waals surface area contributed by atoms with Crippen molar-refractivity contribution in [2.45, 2.75) is 44.4 Å². The predicted molar refractivity (Wildman–Crippen MR) is 110 cm³/mol. The van der Waals surface area contributed by atoms with Crippen LogP contribution in [0.25, 0.3) is 22.2 Å². The Labute approximate surface area is 174 Å². The molecule has 1 saturated carbocycles. The third kappa shape index (κ3) is 3.06. The number of carbonyl (C=O) groups excluding carboxylic acids is 1. The number of carbonyl (C=O) groups is 1. The molecule has 1 aromatic carbocycles. The molecule has 0 radical (unpaired) electrons. The van der Waals surface area contributed by atoms with Gasteiger partial charge in [0.15, 0.2) is 0 Å². The van der Waals surface area contributed by atoms with Crippen molar-refractivity contribution in [3.8, 4) is 16.9 Å². The Kier molecular flexibility index (Phi) is 4.09. The molecule has 3 fully saturated rings. The molecule has 1 amide bonds. The largest absolute Gasteiger partial charge is 0.488 e. The number of aromatic nitrogens is 4. The summed E-state index contributed by atoms with van der Waals surface area (Å²) >= 11 is 0. The fourth-order valence-corrected chi connectivity index (χ4v) is 4.34. The van der Waals surface area contributed by atoms with Crippen molar-refractivity contribution in [1.29, 1.82) is 0 Å². The van der Waals surface area contributed by atoms with Gasteiger partial charge in [-0.15, -0.1) is 0 Å². The standard InChI is InChI=1S/C22H25N5O3/c1-13(15-6-21(28)23-7-15)30-20-5-14(16-8-25-27(9-16)18-10-29-11-18)4-19-22(20)26(12-24-19)17-2-3-17/h4-5,8-9,12-13,15,17-18H,2-3,6-7,10-11H2,1H3,(H,23,28)/t13?,15-/m1/s1. The van der Waals surface area contributed by atoms with E-state index >= 15 is 0 Å². The van der Waals surface area contributed by atoms with Crippen LogP contribution in [0.15, 0.2) is 30.9 Å². The van der Waals surface area contributed by atoms with Gasteiger partial charge in [0.05, 0.1) is 37.3 Å². The summed E-state index contributed by atoms with van der Waals surface area (Å²) in [5, 5.41) is 7.44. The Morgan fingerprint density at radius 1 is 1.23 bits per heavy atom. The van der Waals surface area contributed by atoms with Gasteiger partial charge in [-0.25, -0.2) is 4.98 Å². The molecule has 2 aromatic heterocycles. The molecule has 156 valence electrons. The lowest BCUT2D eigenvalue weighted by molar-refractivity contribution is -0.119. The van der Waals surface area contributed by atoms with E-state index in [9.17, 15) is 4.79 Å². The second-order valence-corrected chi connectivity index (χ2v) is 8.72. The average molecular weight is 407 g/mol. The summed E-state index contributed by atoms with van der Waals surface area (Å²) in [4.78, 5) is 16.3. The van der Waals surface area contributed by atoms with Crippen molar-refractivity contribution in [3.05, 3.63) is 30.9 Å². The molecule has 0 spiro atoms. The Balaban J connectivity index is 1.38. The minimum absolute atomic E-state index is 0.0696. The van der Waals surface area contributed by atoms with E-state index in [1.165, 1.54) is 12.8 Å². The summed E-state index contributed by atoms with van der Waals surface area (Å²) in [5.74, 6) is 1.11. The van der Waals surface area contributed by atoms with Gasteiger partial charge in [-0.05, 0) is 37.5 Å². The zero-order valence-electron chi connectivity index (χ0n) is 17.0. The zero-order chi connectivity index (χ0) is 20.2. The highest BCUT2D eigenvalue weighted by Crippen LogP contribution is 2.41. The van der Waals surface area contributed by atoms with Crippen LogP contribution in [0, 0.1) is 5.92 Å². The van der Waals surface area contributed by atoms with Gasteiger partial charge in [0.25, 0.3) is 0 Å². The highest BCUT2D eigenvalue weighted by Gasteiger charge is 2.31. The number of rotatable bonds is 6. The van der Waals surface area contributed by atoms with Crippen molar-refractivity contribution in [2.24, 2.45) is 5.92 Å². The molecule has 6 rings (SSSR count). The first-order chi connectivity index (χ1) is 14.7. The summed E-state index contributed by atoms with van der Waals surface area (Å²) in [6, 6.07) is 5.04. The maximum Gasteiger partial charge on any atom is 0.220 e. The van der Waals surface area contributed by atoms with Crippen LogP contribution in [0.5, 0.6) is 5.75 Å². The molecular formula is C22H25N5O3. The van der Waals surface area contributed by atoms with Crippen LogP contribution in [-0.2, 0) is 9.53 Å². The van der Waals surface area contributed by atoms with Crippen molar-refractivity contribution >= 4 is 16.9 Å². The molecule has 8 heteroatoms. The summed E-state index contributed by atoms with van der Waals surface area (Å²) < 4.78 is 16.0. The smallest absolute Gasteiger partial charge is 0.220 e. The van der Waals surface area contributed by atoms with E-state index in [0.717, 1.165) is 27.9 Å². The van der Waals surface area contributed by atoms with Crippen LogP contribution >= 0.6 is 0 Å². The maximum atomic E-state index is 11.7. The number of nitrogens with one attached hydrogen (secondary N) is 1. The lowest BCUT2D eigenvalue weighted by Crippen LogP contribution is -2.30. The zero-order valence-corrected chi connectivity index (χ0v) is 17.0. The molecule has 4 heterocycles. The molecule has 0 bridgehead atoms. The normalized spacial score (nSPS) is 22.8. The SMILES string of the molecule is CC(Oc1cc(-c2cnn(C3COC3)c2)cc2ncn(C3CC3)c12)[C@H]1CNC(=O)C1. The number of ether oxygens (including phenoxy) is 2. The number of amides is 1. The number of hydrogen-bond donors (Lipinski definition) is 1. The molecule has 1 aliphatic carbocycles. The van der Waals surface area contributed by atoms with Gasteiger partial charge < -0.3 is 19.4 Å². The van der Waals surface area contributed by atoms with E-state index in [-0.39, 0.29) is 17.9 Å². The first-order valence-corrected chi connectivity index (χ1v) is 10.7. The summed E-state index contributed by atoms with van der Waals surface area (Å²) in [5.41, 5.74) is 4.06. The topological polar surface area (TPSA) is 83.2 Å². The second kappa shape index (κ2) is 6.84. The third-order valence-electron chi connectivity index (χ3n) is 6.49. The van der Waals surface area contributed by atoms with Gasteiger partial charge in [0.1, 0.15) is 17.4 Å². The van der Waals surface area contributed by atoms with E-state index in [1.54, 1.807) is 0 Å². The van der Waals surface area contributed by atoms with Gasteiger partial charge in [0, 0.05) is 36.7 Å². The molecule has 1 N–H and O–H groups in total. The van der Waals surface area contributed by atoms with Gasteiger partial charge in [-0.3, -0.25) is 9.48 Å². The van der Waals surface area contributed by atoms with Gasteiger partial charge >= 0.3 is 0 Å². The van der Waals surface area contributed by atoms with Crippen LogP contribution in [0.3, 0.4) is 0 Å². The highest BCUT2D eigenvalue weighted by atomic mass is 16.5. The number of fused-ring (bicyclic) bond motifs is 1. The number of nitrogens with zero attached hydrogens (tertiary/aromatic N) is 4. The third-order valence-corrected chi connectivity index (χ3v) is 6.49. The van der Waals surface area contributed by atoms with Crippen LogP contribution in [0.2, 0.25) is 0 Å². The molecular weight excluding hydrogens is 382 g/mol. The molecule has 3 aromatic rings. The summed E-state index contributed by atoms with van der Waals surface area (Å²) in [6.07, 6.45) is 8.70. The Morgan fingerprint density at radius 3 is 2.80 bits per heavy atom. The summed E-state index contributed by atoms with van der Waals surface area (Å²) in [6.45, 7) is 4.15. The molecule has 8 nitrogen and oxygen atoms in total. The first-order valence-electron chi connectivity index (χ1n) is 10.7. The van der Waals surface area contributed by atoms with Crippen molar-refractivity contribution in [1.82, 2.24) is 24.6 Å². The lowest BCUT2D eigenvalue weighted by atomic mass is 10.0. The molecule has 2 atom stereocenters. The van der Waals surface area contributed by atoms with Gasteiger partial charge in [-0.2, -0.15) is 5.10 Å². The first kappa shape index (κ1) is 17.9. The van der Waals surface area contributed by atoms with Crippen molar-refractivity contribution < 1.29 is 14.3 Å².